The number of aliphatic hydroxyl groups excluding tert-OH is 8. The van der Waals surface area contributed by atoms with E-state index in [1.165, 1.54) is 0 Å². The minimum absolute atomic E-state index is 0.0287. The molecule has 0 spiro atoms. The van der Waals surface area contributed by atoms with Crippen LogP contribution in [-0.4, -0.2) is 115 Å². The second-order valence-corrected chi connectivity index (χ2v) is 5.21. The maximum atomic E-state index is 10.3. The van der Waals surface area contributed by atoms with Gasteiger partial charge < -0.3 is 55.1 Å². The number of aldehydes is 1. The van der Waals surface area contributed by atoms with Gasteiger partial charge in [-0.05, 0) is 0 Å². The Morgan fingerprint density at radius 1 is 1.00 bits per heavy atom. The van der Waals surface area contributed by atoms with Gasteiger partial charge in [-0.15, -0.1) is 0 Å². The molecule has 1 aliphatic heterocycles. The lowest BCUT2D eigenvalue weighted by Gasteiger charge is -2.40. The lowest BCUT2D eigenvalue weighted by molar-refractivity contribution is -0.306. The summed E-state index contributed by atoms with van der Waals surface area (Å²) >= 11 is 0. The average molecular weight is 342 g/mol. The van der Waals surface area contributed by atoms with Gasteiger partial charge in [-0.3, -0.25) is 0 Å². The third-order valence-corrected chi connectivity index (χ3v) is 3.51. The predicted molar refractivity (Wildman–Crippen MR) is 69.8 cm³/mol. The van der Waals surface area contributed by atoms with Crippen LogP contribution in [0.25, 0.3) is 0 Å². The third-order valence-electron chi connectivity index (χ3n) is 3.51. The van der Waals surface area contributed by atoms with Crippen LogP contribution in [0.1, 0.15) is 0 Å². The zero-order valence-electron chi connectivity index (χ0n) is 12.0. The molecule has 1 heterocycles. The van der Waals surface area contributed by atoms with E-state index in [0.717, 1.165) is 0 Å². The van der Waals surface area contributed by atoms with Crippen LogP contribution in [0.15, 0.2) is 0 Å². The summed E-state index contributed by atoms with van der Waals surface area (Å²) in [6.45, 7) is -1.37. The van der Waals surface area contributed by atoms with E-state index >= 15 is 0 Å². The number of carbonyl (C=O) groups excluding carboxylic acids is 1. The fraction of sp³-hybridized carbons (Fsp3) is 0.917. The Morgan fingerprint density at radius 2 is 1.61 bits per heavy atom. The Labute approximate surface area is 130 Å². The van der Waals surface area contributed by atoms with E-state index in [2.05, 4.69) is 0 Å². The topological polar surface area (TPSA) is 197 Å². The van der Waals surface area contributed by atoms with Crippen LogP contribution in [0.3, 0.4) is 0 Å². The summed E-state index contributed by atoms with van der Waals surface area (Å²) in [4.78, 5) is 10.3. The molecule has 1 saturated heterocycles. The van der Waals surface area contributed by atoms with E-state index in [4.69, 9.17) is 19.7 Å². The van der Waals surface area contributed by atoms with Crippen molar-refractivity contribution in [1.82, 2.24) is 0 Å². The fourth-order valence-corrected chi connectivity index (χ4v) is 2.01. The monoisotopic (exact) mass is 342 g/mol. The van der Waals surface area contributed by atoms with Crippen molar-refractivity contribution in [3.63, 3.8) is 0 Å². The number of aliphatic hydroxyl groups is 8. The second-order valence-electron chi connectivity index (χ2n) is 5.21. The standard InChI is InChI=1S/C12H22O11/c13-1-4(15)7(17)8(18)5(16)3-22-12-11(21)10(20)9(19)6(2-14)23-12/h1,4-12,14-21H,2-3H2/t4?,5?,6-,7?,8?,9-,10+,11+,12-/m1/s1. The van der Waals surface area contributed by atoms with Gasteiger partial charge in [-0.2, -0.15) is 0 Å². The highest BCUT2D eigenvalue weighted by Gasteiger charge is 2.44. The maximum absolute atomic E-state index is 10.3. The fourth-order valence-electron chi connectivity index (χ4n) is 2.01. The summed E-state index contributed by atoms with van der Waals surface area (Å²) in [5, 5.41) is 75.4. The molecule has 136 valence electrons. The van der Waals surface area contributed by atoms with Gasteiger partial charge in [0.25, 0.3) is 0 Å². The van der Waals surface area contributed by atoms with Gasteiger partial charge in [0.1, 0.15) is 48.8 Å². The molecule has 11 heteroatoms. The summed E-state index contributed by atoms with van der Waals surface area (Å²) in [7, 11) is 0. The van der Waals surface area contributed by atoms with Crippen LogP contribution in [-0.2, 0) is 14.3 Å². The third kappa shape index (κ3) is 4.87. The molecule has 0 aromatic rings. The highest BCUT2D eigenvalue weighted by atomic mass is 16.7. The highest BCUT2D eigenvalue weighted by molar-refractivity contribution is 5.56. The summed E-state index contributed by atoms with van der Waals surface area (Å²) in [5.74, 6) is 0. The first-order chi connectivity index (χ1) is 10.7. The van der Waals surface area contributed by atoms with Crippen molar-refractivity contribution < 1.29 is 55.1 Å². The SMILES string of the molecule is O=CC(O)C(O)C(O)C(O)CO[C@@H]1O[C@H](CO)[C@@H](O)[C@H](O)[C@@H]1O. The number of hydrogen-bond donors (Lipinski definition) is 8. The Balaban J connectivity index is 2.57. The van der Waals surface area contributed by atoms with E-state index < -0.39 is 68.3 Å². The van der Waals surface area contributed by atoms with Crippen molar-refractivity contribution in [2.75, 3.05) is 13.2 Å². The molecule has 0 aliphatic carbocycles. The molecule has 9 atom stereocenters. The molecule has 23 heavy (non-hydrogen) atoms. The first-order valence-corrected chi connectivity index (χ1v) is 6.84. The molecule has 1 aliphatic rings. The molecule has 8 N–H and O–H groups in total. The Kier molecular flexibility index (Phi) is 7.89. The molecule has 0 saturated carbocycles. The lowest BCUT2D eigenvalue weighted by atomic mass is 9.99. The molecule has 0 aromatic carbocycles. The molecule has 11 nitrogen and oxygen atoms in total. The number of hydrogen-bond acceptors (Lipinski definition) is 11. The Bertz CT molecular complexity index is 365. The molecule has 4 unspecified atom stereocenters. The van der Waals surface area contributed by atoms with Crippen LogP contribution in [0.5, 0.6) is 0 Å². The van der Waals surface area contributed by atoms with Crippen LogP contribution < -0.4 is 0 Å². The predicted octanol–water partition coefficient (Wildman–Crippen LogP) is -5.55. The zero-order chi connectivity index (χ0) is 17.7. The molecule has 1 fully saturated rings. The van der Waals surface area contributed by atoms with E-state index in [9.17, 15) is 35.4 Å². The Hall–Kier alpha value is -0.730. The van der Waals surface area contributed by atoms with Crippen molar-refractivity contribution in [2.24, 2.45) is 0 Å². The van der Waals surface area contributed by atoms with Gasteiger partial charge in [-0.25, -0.2) is 0 Å². The maximum Gasteiger partial charge on any atom is 0.186 e. The first-order valence-electron chi connectivity index (χ1n) is 6.84. The largest absolute Gasteiger partial charge is 0.394 e. The second kappa shape index (κ2) is 8.94. The molecule has 0 aromatic heterocycles. The van der Waals surface area contributed by atoms with Crippen molar-refractivity contribution in [1.29, 1.82) is 0 Å². The van der Waals surface area contributed by atoms with Crippen molar-refractivity contribution in [2.45, 2.75) is 55.1 Å². The molecule has 0 bridgehead atoms. The smallest absolute Gasteiger partial charge is 0.186 e. The number of rotatable bonds is 8. The molecule has 0 radical (unpaired) electrons. The Morgan fingerprint density at radius 3 is 2.13 bits per heavy atom. The normalized spacial score (nSPS) is 37.0. The summed E-state index contributed by atoms with van der Waals surface area (Å²) in [6, 6.07) is 0. The highest BCUT2D eigenvalue weighted by Crippen LogP contribution is 2.22. The van der Waals surface area contributed by atoms with Gasteiger partial charge >= 0.3 is 0 Å². The summed E-state index contributed by atoms with van der Waals surface area (Å²) in [5.41, 5.74) is 0. The van der Waals surface area contributed by atoms with E-state index in [0.29, 0.717) is 0 Å². The molecular weight excluding hydrogens is 320 g/mol. The van der Waals surface area contributed by atoms with Crippen LogP contribution in [0, 0.1) is 0 Å². The average Bonchev–Trinajstić information content (AvgIpc) is 2.56. The van der Waals surface area contributed by atoms with Crippen molar-refractivity contribution in [3.05, 3.63) is 0 Å². The number of carbonyl (C=O) groups is 1. The van der Waals surface area contributed by atoms with Crippen LogP contribution >= 0.6 is 0 Å². The lowest BCUT2D eigenvalue weighted by Crippen LogP contribution is -2.59. The van der Waals surface area contributed by atoms with Gasteiger partial charge in [0.2, 0.25) is 0 Å². The van der Waals surface area contributed by atoms with E-state index in [-0.39, 0.29) is 6.29 Å². The van der Waals surface area contributed by atoms with E-state index in [1.54, 1.807) is 0 Å². The van der Waals surface area contributed by atoms with E-state index in [1.807, 2.05) is 0 Å². The van der Waals surface area contributed by atoms with Crippen LogP contribution in [0.2, 0.25) is 0 Å². The minimum Gasteiger partial charge on any atom is -0.394 e. The van der Waals surface area contributed by atoms with Gasteiger partial charge in [0.05, 0.1) is 13.2 Å². The van der Waals surface area contributed by atoms with Crippen LogP contribution in [0.4, 0.5) is 0 Å². The molecular formula is C12H22O11. The van der Waals surface area contributed by atoms with Gasteiger partial charge in [-0.1, -0.05) is 0 Å². The summed E-state index contributed by atoms with van der Waals surface area (Å²) in [6.07, 6.45) is -15.3. The van der Waals surface area contributed by atoms with Gasteiger partial charge in [0.15, 0.2) is 12.6 Å². The van der Waals surface area contributed by atoms with Gasteiger partial charge in [0, 0.05) is 0 Å². The molecule has 0 amide bonds. The zero-order valence-corrected chi connectivity index (χ0v) is 12.0. The minimum atomic E-state index is -1.96. The quantitative estimate of drug-likeness (QED) is 0.196. The first kappa shape index (κ1) is 20.3. The van der Waals surface area contributed by atoms with Crippen molar-refractivity contribution in [3.8, 4) is 0 Å². The van der Waals surface area contributed by atoms with Crippen molar-refractivity contribution >= 4 is 6.29 Å². The molecule has 1 rings (SSSR count). The summed E-state index contributed by atoms with van der Waals surface area (Å²) < 4.78 is 9.94. The number of ether oxygens (including phenoxy) is 2.